The van der Waals surface area contributed by atoms with Crippen LogP contribution in [0, 0.1) is 23.4 Å². The molecule has 1 heterocycles. The number of hydrogen-bond donors (Lipinski definition) is 3. The largest absolute Gasteiger partial charge is 0.384 e. The second-order valence-electron chi connectivity index (χ2n) is 7.41. The molecule has 0 saturated carbocycles. The number of benzene rings is 2. The maximum Gasteiger partial charge on any atom is 0.238 e. The number of nitrogens with zero attached hydrogens (tertiary/aromatic N) is 1. The Balaban J connectivity index is 2.08. The smallest absolute Gasteiger partial charge is 0.238 e. The molecular weight excluding hydrogens is 413 g/mol. The van der Waals surface area contributed by atoms with E-state index in [1.807, 2.05) is 0 Å². The van der Waals surface area contributed by atoms with Crippen molar-refractivity contribution >= 4 is 28.8 Å². The highest BCUT2D eigenvalue weighted by Gasteiger charge is 2.47. The van der Waals surface area contributed by atoms with Crippen molar-refractivity contribution in [2.45, 2.75) is 25.8 Å². The van der Waals surface area contributed by atoms with Gasteiger partial charge in [0.25, 0.3) is 0 Å². The Kier molecular flexibility index (Phi) is 6.33. The van der Waals surface area contributed by atoms with Crippen LogP contribution in [-0.4, -0.2) is 29.0 Å². The third-order valence-corrected chi connectivity index (χ3v) is 5.85. The Hall–Kier alpha value is -2.65. The SMILES string of the molecule is CC(=O)N(NC(=S)c1cc(F)ccc1F)[C@]1(C)c2cc(F)ccc2NC[C@@H]1CCN. The van der Waals surface area contributed by atoms with Gasteiger partial charge in [-0.25, -0.2) is 18.2 Å². The number of amides is 1. The van der Waals surface area contributed by atoms with Gasteiger partial charge in [-0.2, -0.15) is 0 Å². The molecule has 0 spiro atoms. The first-order valence-corrected chi connectivity index (χ1v) is 9.90. The van der Waals surface area contributed by atoms with Gasteiger partial charge in [0.15, 0.2) is 0 Å². The minimum absolute atomic E-state index is 0.161. The molecule has 0 aromatic heterocycles. The Morgan fingerprint density at radius 2 is 1.93 bits per heavy atom. The molecule has 0 unspecified atom stereocenters. The molecule has 0 radical (unpaired) electrons. The van der Waals surface area contributed by atoms with E-state index in [2.05, 4.69) is 10.7 Å². The maximum atomic E-state index is 14.2. The van der Waals surface area contributed by atoms with Gasteiger partial charge in [-0.05, 0) is 56.3 Å². The number of nitrogens with one attached hydrogen (secondary N) is 2. The first kappa shape index (κ1) is 22.0. The zero-order chi connectivity index (χ0) is 22.1. The molecule has 1 aliphatic rings. The number of hydrogen-bond acceptors (Lipinski definition) is 4. The molecule has 0 fully saturated rings. The van der Waals surface area contributed by atoms with Crippen LogP contribution >= 0.6 is 12.2 Å². The van der Waals surface area contributed by atoms with Crippen LogP contribution in [0.4, 0.5) is 18.9 Å². The number of anilines is 1. The summed E-state index contributed by atoms with van der Waals surface area (Å²) < 4.78 is 42.0. The van der Waals surface area contributed by atoms with Crippen LogP contribution in [0.25, 0.3) is 0 Å². The quantitative estimate of drug-likeness (QED) is 0.506. The van der Waals surface area contributed by atoms with Gasteiger partial charge in [0, 0.05) is 36.2 Å². The summed E-state index contributed by atoms with van der Waals surface area (Å²) in [5.41, 5.74) is 8.55. The number of hydrazine groups is 1. The van der Waals surface area contributed by atoms with Crippen LogP contribution in [0.1, 0.15) is 31.4 Å². The van der Waals surface area contributed by atoms with Crippen molar-refractivity contribution < 1.29 is 18.0 Å². The predicted octanol–water partition coefficient (Wildman–Crippen LogP) is 3.44. The fourth-order valence-electron chi connectivity index (χ4n) is 3.98. The third-order valence-electron chi connectivity index (χ3n) is 5.54. The molecule has 0 saturated heterocycles. The van der Waals surface area contributed by atoms with Crippen LogP contribution in [0.5, 0.6) is 0 Å². The van der Waals surface area contributed by atoms with Crippen molar-refractivity contribution in [2.75, 3.05) is 18.4 Å². The highest BCUT2D eigenvalue weighted by Crippen LogP contribution is 2.44. The molecule has 0 bridgehead atoms. The zero-order valence-electron chi connectivity index (χ0n) is 16.6. The van der Waals surface area contributed by atoms with Gasteiger partial charge in [-0.15, -0.1) is 0 Å². The highest BCUT2D eigenvalue weighted by atomic mass is 32.1. The minimum atomic E-state index is -1.05. The first-order chi connectivity index (χ1) is 14.2. The second kappa shape index (κ2) is 8.61. The van der Waals surface area contributed by atoms with E-state index in [0.717, 1.165) is 18.2 Å². The van der Waals surface area contributed by atoms with Crippen LogP contribution in [0.15, 0.2) is 36.4 Å². The molecule has 9 heteroatoms. The second-order valence-corrected chi connectivity index (χ2v) is 7.82. The van der Waals surface area contributed by atoms with Crippen molar-refractivity contribution in [3.05, 3.63) is 65.0 Å². The Labute approximate surface area is 178 Å². The molecule has 0 aliphatic carbocycles. The van der Waals surface area contributed by atoms with E-state index in [0.29, 0.717) is 30.8 Å². The molecular formula is C21H23F3N4OS. The number of nitrogens with two attached hydrogens (primary N) is 1. The summed E-state index contributed by atoms with van der Waals surface area (Å²) in [7, 11) is 0. The van der Waals surface area contributed by atoms with Crippen molar-refractivity contribution in [3.8, 4) is 0 Å². The van der Waals surface area contributed by atoms with Gasteiger partial charge in [-0.3, -0.25) is 10.2 Å². The summed E-state index contributed by atoms with van der Waals surface area (Å²) in [6, 6.07) is 7.19. The third kappa shape index (κ3) is 3.99. The lowest BCUT2D eigenvalue weighted by atomic mass is 9.73. The van der Waals surface area contributed by atoms with Crippen molar-refractivity contribution in [1.82, 2.24) is 10.4 Å². The molecule has 2 aromatic carbocycles. The summed E-state index contributed by atoms with van der Waals surface area (Å²) in [6.45, 7) is 3.94. The molecule has 1 amide bonds. The van der Waals surface area contributed by atoms with Crippen LogP contribution < -0.4 is 16.5 Å². The summed E-state index contributed by atoms with van der Waals surface area (Å²) in [5.74, 6) is -2.47. The fourth-order valence-corrected chi connectivity index (χ4v) is 4.23. The summed E-state index contributed by atoms with van der Waals surface area (Å²) in [6.07, 6.45) is 0.534. The van der Waals surface area contributed by atoms with Gasteiger partial charge in [0.05, 0.1) is 5.54 Å². The van der Waals surface area contributed by atoms with E-state index in [9.17, 15) is 18.0 Å². The van der Waals surface area contributed by atoms with Crippen LogP contribution in [0.2, 0.25) is 0 Å². The van der Waals surface area contributed by atoms with Gasteiger partial charge in [0.1, 0.15) is 22.4 Å². The lowest BCUT2D eigenvalue weighted by Crippen LogP contribution is -2.61. The molecule has 1 aliphatic heterocycles. The minimum Gasteiger partial charge on any atom is -0.384 e. The number of halogens is 3. The standard InChI is InChI=1S/C21H23F3N4OS/c1-12(29)28(27-20(30)16-9-14(22)3-5-18(16)24)21(2)13(7-8-25)11-26-19-6-4-15(23)10-17(19)21/h3-6,9-10,13,26H,7-8,11,25H2,1-2H3,(H,27,30)/t13-,21-/m0/s1. The van der Waals surface area contributed by atoms with Gasteiger partial charge in [-0.1, -0.05) is 12.2 Å². The molecule has 5 nitrogen and oxygen atoms in total. The molecule has 2 aromatic rings. The van der Waals surface area contributed by atoms with Gasteiger partial charge < -0.3 is 11.1 Å². The Bertz CT molecular complexity index is 987. The monoisotopic (exact) mass is 436 g/mol. The molecule has 160 valence electrons. The van der Waals surface area contributed by atoms with Crippen LogP contribution in [-0.2, 0) is 10.3 Å². The maximum absolute atomic E-state index is 14.2. The molecule has 4 N–H and O–H groups in total. The van der Waals surface area contributed by atoms with Crippen molar-refractivity contribution in [3.63, 3.8) is 0 Å². The first-order valence-electron chi connectivity index (χ1n) is 9.49. The van der Waals surface area contributed by atoms with E-state index in [-0.39, 0.29) is 16.5 Å². The zero-order valence-corrected chi connectivity index (χ0v) is 17.5. The lowest BCUT2D eigenvalue weighted by Gasteiger charge is -2.50. The van der Waals surface area contributed by atoms with Gasteiger partial charge >= 0.3 is 0 Å². The number of carbonyl (C=O) groups excluding carboxylic acids is 1. The molecule has 3 rings (SSSR count). The average molecular weight is 437 g/mol. The normalized spacial score (nSPS) is 20.1. The van der Waals surface area contributed by atoms with E-state index >= 15 is 0 Å². The van der Waals surface area contributed by atoms with E-state index in [4.69, 9.17) is 18.0 Å². The van der Waals surface area contributed by atoms with Gasteiger partial charge in [0.2, 0.25) is 5.91 Å². The Morgan fingerprint density at radius 1 is 1.27 bits per heavy atom. The van der Waals surface area contributed by atoms with Crippen LogP contribution in [0.3, 0.4) is 0 Å². The van der Waals surface area contributed by atoms with E-state index in [1.165, 1.54) is 24.1 Å². The summed E-state index contributed by atoms with van der Waals surface area (Å²) in [4.78, 5) is 12.5. The summed E-state index contributed by atoms with van der Waals surface area (Å²) in [5, 5.41) is 4.51. The summed E-state index contributed by atoms with van der Waals surface area (Å²) >= 11 is 5.28. The topological polar surface area (TPSA) is 70.4 Å². The number of fused-ring (bicyclic) bond motifs is 1. The molecule has 30 heavy (non-hydrogen) atoms. The van der Waals surface area contributed by atoms with Crippen molar-refractivity contribution in [1.29, 1.82) is 0 Å². The number of carbonyl (C=O) groups is 1. The molecule has 2 atom stereocenters. The highest BCUT2D eigenvalue weighted by molar-refractivity contribution is 7.80. The predicted molar refractivity (Wildman–Crippen MR) is 113 cm³/mol. The fraction of sp³-hybridized carbons (Fsp3) is 0.333. The average Bonchev–Trinajstić information content (AvgIpc) is 2.70. The van der Waals surface area contributed by atoms with E-state index < -0.39 is 28.9 Å². The lowest BCUT2D eigenvalue weighted by molar-refractivity contribution is -0.141. The van der Waals surface area contributed by atoms with Crippen molar-refractivity contribution in [2.24, 2.45) is 11.7 Å². The van der Waals surface area contributed by atoms with E-state index in [1.54, 1.807) is 13.0 Å². The Morgan fingerprint density at radius 3 is 2.60 bits per heavy atom. The number of rotatable bonds is 4. The number of thiocarbonyl (C=S) groups is 1.